The zero-order valence-electron chi connectivity index (χ0n) is 17.1. The fourth-order valence-corrected chi connectivity index (χ4v) is 3.95. The van der Waals surface area contributed by atoms with Gasteiger partial charge < -0.3 is 5.32 Å². The van der Waals surface area contributed by atoms with E-state index in [4.69, 9.17) is 0 Å². The summed E-state index contributed by atoms with van der Waals surface area (Å²) in [5, 5.41) is 2.84. The van der Waals surface area contributed by atoms with E-state index in [1.807, 2.05) is 6.92 Å². The average molecular weight is 429 g/mol. The minimum absolute atomic E-state index is 0.208. The lowest BCUT2D eigenvalue weighted by molar-refractivity contribution is 0.0652. The van der Waals surface area contributed by atoms with Gasteiger partial charge in [-0.05, 0) is 49.2 Å². The summed E-state index contributed by atoms with van der Waals surface area (Å²) in [5.74, 6) is -1.08. The normalized spacial score (nSPS) is 14.6. The number of imide groups is 1. The van der Waals surface area contributed by atoms with E-state index >= 15 is 0 Å². The lowest BCUT2D eigenvalue weighted by Crippen LogP contribution is -2.30. The topological polar surface area (TPSA) is 101 Å². The number of fused-ring (bicyclic) bond motifs is 1. The third kappa shape index (κ3) is 4.28. The zero-order valence-corrected chi connectivity index (χ0v) is 18.0. The number of rotatable bonds is 7. The maximum absolute atomic E-state index is 12.7. The van der Waals surface area contributed by atoms with Gasteiger partial charge in [-0.25, -0.2) is 8.42 Å². The third-order valence-corrected chi connectivity index (χ3v) is 6.25. The van der Waals surface area contributed by atoms with Gasteiger partial charge in [-0.3, -0.25) is 19.3 Å². The van der Waals surface area contributed by atoms with E-state index in [0.29, 0.717) is 12.1 Å². The van der Waals surface area contributed by atoms with Crippen LogP contribution in [0.4, 0.5) is 0 Å². The molecule has 0 fully saturated rings. The van der Waals surface area contributed by atoms with Crippen molar-refractivity contribution >= 4 is 27.6 Å². The van der Waals surface area contributed by atoms with Crippen LogP contribution < -0.4 is 5.32 Å². The molecule has 1 heterocycles. The highest BCUT2D eigenvalue weighted by Gasteiger charge is 2.35. The summed E-state index contributed by atoms with van der Waals surface area (Å²) in [6.07, 6.45) is 2.73. The predicted molar refractivity (Wildman–Crippen MR) is 112 cm³/mol. The Kier molecular flexibility index (Phi) is 6.07. The van der Waals surface area contributed by atoms with Crippen LogP contribution >= 0.6 is 0 Å². The van der Waals surface area contributed by atoms with Gasteiger partial charge in [0.2, 0.25) is 0 Å². The van der Waals surface area contributed by atoms with Gasteiger partial charge in [0.1, 0.15) is 0 Å². The molecule has 2 aromatic rings. The molecule has 158 valence electrons. The van der Waals surface area contributed by atoms with E-state index in [1.54, 1.807) is 19.1 Å². The van der Waals surface area contributed by atoms with Crippen LogP contribution in [0, 0.1) is 0 Å². The Morgan fingerprint density at radius 2 is 1.67 bits per heavy atom. The average Bonchev–Trinajstić information content (AvgIpc) is 2.95. The second kappa shape index (κ2) is 8.39. The van der Waals surface area contributed by atoms with Crippen LogP contribution in [0.15, 0.2) is 47.4 Å². The minimum Gasteiger partial charge on any atom is -0.346 e. The molecule has 1 N–H and O–H groups in total. The standard InChI is InChI=1S/C22H24N2O5S/c1-4-5-12-24-21(26)18-11-8-16(13-19(18)22(24)27)20(25)23-14(2)15-6-9-17(10-7-15)30(3,28)29/h6-11,13-14H,4-5,12H2,1-3H3,(H,23,25)/t14-/m0/s1. The molecule has 3 rings (SSSR count). The Balaban J connectivity index is 1.75. The van der Waals surface area contributed by atoms with Gasteiger partial charge in [0.25, 0.3) is 17.7 Å². The van der Waals surface area contributed by atoms with Crippen LogP contribution in [0.2, 0.25) is 0 Å². The summed E-state index contributed by atoms with van der Waals surface area (Å²) in [6.45, 7) is 4.13. The fraction of sp³-hybridized carbons (Fsp3) is 0.318. The van der Waals surface area contributed by atoms with Crippen LogP contribution in [0.5, 0.6) is 0 Å². The number of unbranched alkanes of at least 4 members (excludes halogenated alkanes) is 1. The molecule has 0 unspecified atom stereocenters. The molecule has 0 saturated carbocycles. The van der Waals surface area contributed by atoms with Crippen molar-refractivity contribution in [2.45, 2.75) is 37.6 Å². The van der Waals surface area contributed by atoms with Gasteiger partial charge in [-0.2, -0.15) is 0 Å². The van der Waals surface area contributed by atoms with Crippen molar-refractivity contribution in [1.29, 1.82) is 0 Å². The Morgan fingerprint density at radius 3 is 2.27 bits per heavy atom. The molecule has 8 heteroatoms. The molecule has 0 radical (unpaired) electrons. The van der Waals surface area contributed by atoms with Crippen molar-refractivity contribution in [3.63, 3.8) is 0 Å². The van der Waals surface area contributed by atoms with E-state index in [2.05, 4.69) is 5.32 Å². The molecule has 0 bridgehead atoms. The van der Waals surface area contributed by atoms with Crippen LogP contribution in [0.1, 0.15) is 69.4 Å². The molecular weight excluding hydrogens is 404 g/mol. The second-order valence-electron chi connectivity index (χ2n) is 7.41. The lowest BCUT2D eigenvalue weighted by atomic mass is 10.0. The highest BCUT2D eigenvalue weighted by molar-refractivity contribution is 7.90. The first-order valence-electron chi connectivity index (χ1n) is 9.74. The van der Waals surface area contributed by atoms with Crippen LogP contribution in [0.3, 0.4) is 0 Å². The van der Waals surface area contributed by atoms with E-state index in [9.17, 15) is 22.8 Å². The second-order valence-corrected chi connectivity index (χ2v) is 9.43. The number of amides is 3. The van der Waals surface area contributed by atoms with Gasteiger partial charge in [0.15, 0.2) is 9.84 Å². The van der Waals surface area contributed by atoms with E-state index < -0.39 is 9.84 Å². The monoisotopic (exact) mass is 428 g/mol. The summed E-state index contributed by atoms with van der Waals surface area (Å²) in [6, 6.07) is 10.4. The van der Waals surface area contributed by atoms with Crippen molar-refractivity contribution in [3.8, 4) is 0 Å². The van der Waals surface area contributed by atoms with Crippen molar-refractivity contribution in [1.82, 2.24) is 10.2 Å². The quantitative estimate of drug-likeness (QED) is 0.684. The molecule has 0 aromatic heterocycles. The summed E-state index contributed by atoms with van der Waals surface area (Å²) >= 11 is 0. The molecule has 3 amide bonds. The van der Waals surface area contributed by atoms with Crippen molar-refractivity contribution in [2.24, 2.45) is 0 Å². The van der Waals surface area contributed by atoms with E-state index in [1.165, 1.54) is 35.2 Å². The zero-order chi connectivity index (χ0) is 22.1. The molecule has 1 atom stereocenters. The Bertz CT molecular complexity index is 1110. The molecule has 0 spiro atoms. The molecule has 7 nitrogen and oxygen atoms in total. The first-order valence-corrected chi connectivity index (χ1v) is 11.6. The fourth-order valence-electron chi connectivity index (χ4n) is 3.32. The Morgan fingerprint density at radius 1 is 1.03 bits per heavy atom. The first kappa shape index (κ1) is 21.7. The molecule has 0 aliphatic carbocycles. The number of carbonyl (C=O) groups is 3. The molecule has 2 aromatic carbocycles. The smallest absolute Gasteiger partial charge is 0.261 e. The number of benzene rings is 2. The Hall–Kier alpha value is -3.00. The maximum Gasteiger partial charge on any atom is 0.261 e. The summed E-state index contributed by atoms with van der Waals surface area (Å²) in [5.41, 5.74) is 1.59. The third-order valence-electron chi connectivity index (χ3n) is 5.12. The van der Waals surface area contributed by atoms with E-state index in [0.717, 1.165) is 24.7 Å². The largest absolute Gasteiger partial charge is 0.346 e. The molecule has 0 saturated heterocycles. The minimum atomic E-state index is -3.29. The summed E-state index contributed by atoms with van der Waals surface area (Å²) < 4.78 is 23.2. The van der Waals surface area contributed by atoms with E-state index in [-0.39, 0.29) is 39.8 Å². The maximum atomic E-state index is 12.7. The lowest BCUT2D eigenvalue weighted by Gasteiger charge is -2.15. The number of nitrogens with zero attached hydrogens (tertiary/aromatic N) is 1. The van der Waals surface area contributed by atoms with Gasteiger partial charge in [0.05, 0.1) is 22.1 Å². The van der Waals surface area contributed by atoms with Crippen molar-refractivity contribution in [3.05, 3.63) is 64.7 Å². The molecule has 1 aliphatic rings. The number of hydrogen-bond acceptors (Lipinski definition) is 5. The SMILES string of the molecule is CCCCN1C(=O)c2ccc(C(=O)N[C@@H](C)c3ccc(S(C)(=O)=O)cc3)cc2C1=O. The van der Waals surface area contributed by atoms with Gasteiger partial charge in [-0.15, -0.1) is 0 Å². The van der Waals surface area contributed by atoms with Crippen molar-refractivity contribution in [2.75, 3.05) is 12.8 Å². The summed E-state index contributed by atoms with van der Waals surface area (Å²) in [7, 11) is -3.29. The highest BCUT2D eigenvalue weighted by Crippen LogP contribution is 2.25. The van der Waals surface area contributed by atoms with Gasteiger partial charge in [-0.1, -0.05) is 25.5 Å². The van der Waals surface area contributed by atoms with Gasteiger partial charge in [0, 0.05) is 18.4 Å². The number of nitrogens with one attached hydrogen (secondary N) is 1. The predicted octanol–water partition coefficient (Wildman–Crippen LogP) is 2.98. The van der Waals surface area contributed by atoms with Gasteiger partial charge >= 0.3 is 0 Å². The van der Waals surface area contributed by atoms with Crippen molar-refractivity contribution < 1.29 is 22.8 Å². The van der Waals surface area contributed by atoms with Crippen LogP contribution in [-0.2, 0) is 9.84 Å². The number of sulfone groups is 1. The Labute approximate surface area is 176 Å². The van der Waals surface area contributed by atoms with Crippen LogP contribution in [0.25, 0.3) is 0 Å². The first-order chi connectivity index (χ1) is 14.1. The molecule has 30 heavy (non-hydrogen) atoms. The number of carbonyl (C=O) groups excluding carboxylic acids is 3. The highest BCUT2D eigenvalue weighted by atomic mass is 32.2. The molecule has 1 aliphatic heterocycles. The summed E-state index contributed by atoms with van der Waals surface area (Å²) in [4.78, 5) is 39.1. The van der Waals surface area contributed by atoms with Crippen LogP contribution in [-0.4, -0.2) is 43.8 Å². The molecular formula is C22H24N2O5S. The number of hydrogen-bond donors (Lipinski definition) is 1.